The van der Waals surface area contributed by atoms with Gasteiger partial charge in [-0.2, -0.15) is 0 Å². The zero-order valence-electron chi connectivity index (χ0n) is 10.9. The minimum atomic E-state index is -0.0839. The molecule has 7 heteroatoms. The Kier molecular flexibility index (Phi) is 5.33. The van der Waals surface area contributed by atoms with Crippen molar-refractivity contribution in [2.24, 2.45) is 0 Å². The van der Waals surface area contributed by atoms with Crippen LogP contribution in [0.5, 0.6) is 11.5 Å². The SMILES string of the molecule is Cc1c(Cl)cc(NCOc2cc(Cl)ccc2Cl)c(O)c1Cl. The number of ether oxygens (including phenoxy) is 1. The summed E-state index contributed by atoms with van der Waals surface area (Å²) < 4.78 is 5.46. The van der Waals surface area contributed by atoms with Crippen LogP contribution in [-0.2, 0) is 0 Å². The summed E-state index contributed by atoms with van der Waals surface area (Å²) in [4.78, 5) is 0. The molecule has 112 valence electrons. The highest BCUT2D eigenvalue weighted by Gasteiger charge is 2.12. The molecule has 0 radical (unpaired) electrons. The highest BCUT2D eigenvalue weighted by Crippen LogP contribution is 2.38. The van der Waals surface area contributed by atoms with E-state index in [0.29, 0.717) is 32.1 Å². The topological polar surface area (TPSA) is 41.5 Å². The number of aromatic hydroxyl groups is 1. The summed E-state index contributed by atoms with van der Waals surface area (Å²) in [5.74, 6) is 0.347. The second-order valence-electron chi connectivity index (χ2n) is 4.23. The summed E-state index contributed by atoms with van der Waals surface area (Å²) >= 11 is 23.8. The average molecular weight is 367 g/mol. The van der Waals surface area contributed by atoms with Crippen LogP contribution in [0.1, 0.15) is 5.56 Å². The Balaban J connectivity index is 2.09. The Morgan fingerprint density at radius 1 is 1.10 bits per heavy atom. The van der Waals surface area contributed by atoms with E-state index in [-0.39, 0.29) is 17.5 Å². The largest absolute Gasteiger partial charge is 0.504 e. The smallest absolute Gasteiger partial charge is 0.159 e. The zero-order chi connectivity index (χ0) is 15.6. The van der Waals surface area contributed by atoms with Crippen molar-refractivity contribution in [2.75, 3.05) is 12.0 Å². The van der Waals surface area contributed by atoms with Gasteiger partial charge in [-0.15, -0.1) is 0 Å². The average Bonchev–Trinajstić information content (AvgIpc) is 2.45. The molecule has 3 nitrogen and oxygen atoms in total. The number of nitrogens with one attached hydrogen (secondary N) is 1. The van der Waals surface area contributed by atoms with Crippen LogP contribution in [-0.4, -0.2) is 11.8 Å². The first-order valence-corrected chi connectivity index (χ1v) is 7.40. The zero-order valence-corrected chi connectivity index (χ0v) is 13.9. The van der Waals surface area contributed by atoms with Gasteiger partial charge in [-0.05, 0) is 30.7 Å². The van der Waals surface area contributed by atoms with Gasteiger partial charge in [0.05, 0.1) is 15.7 Å². The van der Waals surface area contributed by atoms with Gasteiger partial charge in [-0.3, -0.25) is 0 Å². The Morgan fingerprint density at radius 3 is 2.52 bits per heavy atom. The standard InChI is InChI=1S/C14H11Cl4NO2/c1-7-10(17)5-11(14(20)13(7)18)19-6-21-12-4-8(15)2-3-9(12)16/h2-5,19-20H,6H2,1H3. The van der Waals surface area contributed by atoms with Crippen LogP contribution in [0.4, 0.5) is 5.69 Å². The maximum Gasteiger partial charge on any atom is 0.159 e. The van der Waals surface area contributed by atoms with Crippen LogP contribution in [0.2, 0.25) is 20.1 Å². The molecule has 2 rings (SSSR count). The quantitative estimate of drug-likeness (QED) is 0.533. The predicted octanol–water partition coefficient (Wildman–Crippen LogP) is 5.76. The van der Waals surface area contributed by atoms with Gasteiger partial charge >= 0.3 is 0 Å². The van der Waals surface area contributed by atoms with E-state index in [9.17, 15) is 5.11 Å². The molecule has 0 aliphatic heterocycles. The van der Waals surface area contributed by atoms with Crippen molar-refractivity contribution in [3.8, 4) is 11.5 Å². The maximum absolute atomic E-state index is 9.94. The van der Waals surface area contributed by atoms with Crippen LogP contribution in [0.25, 0.3) is 0 Å². The molecule has 0 atom stereocenters. The molecule has 0 heterocycles. The molecule has 0 amide bonds. The van der Waals surface area contributed by atoms with Crippen molar-refractivity contribution in [3.63, 3.8) is 0 Å². The number of anilines is 1. The number of halogens is 4. The molecule has 21 heavy (non-hydrogen) atoms. The molecule has 0 bridgehead atoms. The number of hydrogen-bond donors (Lipinski definition) is 2. The molecule has 0 aliphatic rings. The molecular weight excluding hydrogens is 356 g/mol. The van der Waals surface area contributed by atoms with Crippen LogP contribution >= 0.6 is 46.4 Å². The predicted molar refractivity (Wildman–Crippen MR) is 88.4 cm³/mol. The van der Waals surface area contributed by atoms with Crippen LogP contribution in [0, 0.1) is 6.92 Å². The molecule has 0 aliphatic carbocycles. The van der Waals surface area contributed by atoms with Crippen molar-refractivity contribution in [1.82, 2.24) is 0 Å². The van der Waals surface area contributed by atoms with Gasteiger partial charge in [0.15, 0.2) is 12.5 Å². The monoisotopic (exact) mass is 365 g/mol. The van der Waals surface area contributed by atoms with E-state index in [1.165, 1.54) is 0 Å². The highest BCUT2D eigenvalue weighted by atomic mass is 35.5. The van der Waals surface area contributed by atoms with E-state index < -0.39 is 0 Å². The lowest BCUT2D eigenvalue weighted by Gasteiger charge is -2.14. The highest BCUT2D eigenvalue weighted by molar-refractivity contribution is 6.37. The summed E-state index contributed by atoms with van der Waals surface area (Å²) in [6, 6.07) is 6.47. The first-order valence-electron chi connectivity index (χ1n) is 5.89. The third-order valence-corrected chi connectivity index (χ3v) is 4.21. The molecule has 0 saturated carbocycles. The maximum atomic E-state index is 9.94. The lowest BCUT2D eigenvalue weighted by Crippen LogP contribution is -2.09. The molecule has 0 spiro atoms. The van der Waals surface area contributed by atoms with E-state index in [1.54, 1.807) is 31.2 Å². The molecule has 0 saturated heterocycles. The summed E-state index contributed by atoms with van der Waals surface area (Å²) in [6.07, 6.45) is 0. The lowest BCUT2D eigenvalue weighted by molar-refractivity contribution is 0.346. The van der Waals surface area contributed by atoms with E-state index in [4.69, 9.17) is 51.1 Å². The van der Waals surface area contributed by atoms with Crippen molar-refractivity contribution >= 4 is 52.1 Å². The normalized spacial score (nSPS) is 10.5. The van der Waals surface area contributed by atoms with Gasteiger partial charge in [0, 0.05) is 16.1 Å². The fraction of sp³-hybridized carbons (Fsp3) is 0.143. The van der Waals surface area contributed by atoms with Crippen molar-refractivity contribution in [3.05, 3.63) is 49.9 Å². The van der Waals surface area contributed by atoms with Gasteiger partial charge in [0.25, 0.3) is 0 Å². The molecule has 2 N–H and O–H groups in total. The van der Waals surface area contributed by atoms with Crippen LogP contribution in [0.15, 0.2) is 24.3 Å². The number of hydrogen-bond acceptors (Lipinski definition) is 3. The van der Waals surface area contributed by atoms with E-state index in [1.807, 2.05) is 0 Å². The Bertz CT molecular complexity index is 677. The van der Waals surface area contributed by atoms with Crippen LogP contribution < -0.4 is 10.1 Å². The van der Waals surface area contributed by atoms with Gasteiger partial charge in [-0.25, -0.2) is 0 Å². The van der Waals surface area contributed by atoms with Gasteiger partial charge < -0.3 is 15.2 Å². The van der Waals surface area contributed by atoms with E-state index in [0.717, 1.165) is 0 Å². The molecule has 0 aromatic heterocycles. The third-order valence-electron chi connectivity index (χ3n) is 2.81. The summed E-state index contributed by atoms with van der Waals surface area (Å²) in [5.41, 5.74) is 0.980. The first kappa shape index (κ1) is 16.4. The number of benzene rings is 2. The van der Waals surface area contributed by atoms with Crippen molar-refractivity contribution in [2.45, 2.75) is 6.92 Å². The fourth-order valence-corrected chi connectivity index (χ4v) is 2.41. The van der Waals surface area contributed by atoms with Crippen molar-refractivity contribution < 1.29 is 9.84 Å². The molecular formula is C14H11Cl4NO2. The minimum absolute atomic E-state index is 0.0589. The molecule has 2 aromatic carbocycles. The van der Waals surface area contributed by atoms with Crippen molar-refractivity contribution in [1.29, 1.82) is 0 Å². The number of phenols is 1. The summed E-state index contributed by atoms with van der Waals surface area (Å²) in [6.45, 7) is 1.78. The summed E-state index contributed by atoms with van der Waals surface area (Å²) in [5, 5.41) is 14.4. The first-order chi connectivity index (χ1) is 9.90. The Hall–Kier alpha value is -1.00. The number of phenolic OH excluding ortho intramolecular Hbond substituents is 1. The van der Waals surface area contributed by atoms with Gasteiger partial charge in [0.1, 0.15) is 5.75 Å². The van der Waals surface area contributed by atoms with E-state index >= 15 is 0 Å². The second-order valence-corrected chi connectivity index (χ2v) is 5.86. The fourth-order valence-electron chi connectivity index (χ4n) is 1.62. The number of rotatable bonds is 4. The van der Waals surface area contributed by atoms with Gasteiger partial charge in [0.2, 0.25) is 0 Å². The lowest BCUT2D eigenvalue weighted by atomic mass is 10.2. The third kappa shape index (κ3) is 3.80. The molecule has 2 aromatic rings. The Morgan fingerprint density at radius 2 is 1.81 bits per heavy atom. The van der Waals surface area contributed by atoms with Gasteiger partial charge in [-0.1, -0.05) is 46.4 Å². The Labute approximate surface area is 142 Å². The second kappa shape index (κ2) is 6.84. The molecule has 0 unspecified atom stereocenters. The van der Waals surface area contributed by atoms with Crippen LogP contribution in [0.3, 0.4) is 0 Å². The molecule has 0 fully saturated rings. The summed E-state index contributed by atoms with van der Waals surface area (Å²) in [7, 11) is 0. The minimum Gasteiger partial charge on any atom is -0.504 e. The van der Waals surface area contributed by atoms with E-state index in [2.05, 4.69) is 5.32 Å².